The van der Waals surface area contributed by atoms with Crippen LogP contribution in [-0.4, -0.2) is 191 Å². The molecule has 0 bridgehead atoms. The number of rotatable bonds is 9. The maximum absolute atomic E-state index is 15.2. The van der Waals surface area contributed by atoms with Gasteiger partial charge in [-0.05, 0) is 104 Å². The molecule has 0 aromatic rings. The molecule has 0 unspecified atom stereocenters. The van der Waals surface area contributed by atoms with Crippen LogP contribution < -0.4 is 0 Å². The Labute approximate surface area is 392 Å². The zero-order valence-electron chi connectivity index (χ0n) is 39.8. The zero-order valence-corrected chi connectivity index (χ0v) is 39.8. The van der Waals surface area contributed by atoms with Crippen LogP contribution in [0.2, 0.25) is 0 Å². The first-order chi connectivity index (χ1) is 31.4. The van der Waals surface area contributed by atoms with E-state index in [1.54, 1.807) is 0 Å². The third-order valence-electron chi connectivity index (χ3n) is 19.7. The van der Waals surface area contributed by atoms with E-state index in [9.17, 15) is 61.3 Å². The lowest BCUT2D eigenvalue weighted by atomic mass is 9.33. The molecule has 0 aromatic heterocycles. The summed E-state index contributed by atoms with van der Waals surface area (Å²) < 4.78 is 35.9. The minimum atomic E-state index is -1.79. The van der Waals surface area contributed by atoms with Gasteiger partial charge in [-0.15, -0.1) is 0 Å². The number of aliphatic hydroxyl groups excluding tert-OH is 12. The van der Waals surface area contributed by atoms with Gasteiger partial charge < -0.3 is 89.7 Å². The van der Waals surface area contributed by atoms with Crippen LogP contribution in [0.5, 0.6) is 0 Å². The van der Waals surface area contributed by atoms with Crippen LogP contribution in [0.15, 0.2) is 11.6 Å². The minimum Gasteiger partial charge on any atom is -0.432 e. The smallest absolute Gasteiger partial charge is 0.315 e. The predicted octanol–water partition coefficient (Wildman–Crippen LogP) is -1.03. The van der Waals surface area contributed by atoms with E-state index in [2.05, 4.69) is 40.7 Å². The molecule has 7 fully saturated rings. The lowest BCUT2D eigenvalue weighted by molar-refractivity contribution is -0.361. The second-order valence-corrected chi connectivity index (χ2v) is 22.9. The van der Waals surface area contributed by atoms with E-state index in [-0.39, 0.29) is 41.6 Å². The number of hydrogen-bond acceptors (Lipinski definition) is 19. The van der Waals surface area contributed by atoms with Crippen molar-refractivity contribution in [1.29, 1.82) is 0 Å². The molecule has 4 saturated carbocycles. The Morgan fingerprint density at radius 2 is 1.27 bits per heavy atom. The molecule has 8 rings (SSSR count). The highest BCUT2D eigenvalue weighted by Gasteiger charge is 2.72. The van der Waals surface area contributed by atoms with Crippen LogP contribution in [0.4, 0.5) is 0 Å². The number of ether oxygens (including phenoxy) is 6. The predicted molar refractivity (Wildman–Crippen MR) is 231 cm³/mol. The Morgan fingerprint density at radius 3 is 1.90 bits per heavy atom. The van der Waals surface area contributed by atoms with Crippen molar-refractivity contribution in [2.24, 2.45) is 56.7 Å². The first-order valence-corrected chi connectivity index (χ1v) is 24.5. The molecule has 0 spiro atoms. The fourth-order valence-electron chi connectivity index (χ4n) is 15.3. The lowest BCUT2D eigenvalue weighted by Gasteiger charge is -2.72. The maximum Gasteiger partial charge on any atom is 0.315 e. The quantitative estimate of drug-likeness (QED) is 0.0747. The fourth-order valence-corrected chi connectivity index (χ4v) is 15.3. The normalized spacial score (nSPS) is 56.7. The van der Waals surface area contributed by atoms with Gasteiger partial charge in [0.2, 0.25) is 6.29 Å². The second-order valence-electron chi connectivity index (χ2n) is 22.9. The van der Waals surface area contributed by atoms with Gasteiger partial charge in [-0.3, -0.25) is 4.79 Å². The van der Waals surface area contributed by atoms with E-state index in [1.165, 1.54) is 12.5 Å². The van der Waals surface area contributed by atoms with Gasteiger partial charge in [0.1, 0.15) is 61.0 Å². The van der Waals surface area contributed by atoms with E-state index in [0.29, 0.717) is 38.5 Å². The van der Waals surface area contributed by atoms with Crippen LogP contribution in [0, 0.1) is 56.7 Å². The Balaban J connectivity index is 1.09. The molecule has 8 aliphatic rings. The summed E-state index contributed by atoms with van der Waals surface area (Å²) in [5.41, 5.74) is -2.24. The lowest BCUT2D eigenvalue weighted by Crippen LogP contribution is -2.69. The Hall–Kier alpha value is -1.47. The van der Waals surface area contributed by atoms with Crippen molar-refractivity contribution < 1.29 is 94.5 Å². The highest BCUT2D eigenvalue weighted by molar-refractivity contribution is 5.79. The molecular weight excluding hydrogens is 881 g/mol. The summed E-state index contributed by atoms with van der Waals surface area (Å²) in [6, 6.07) is 0. The molecule has 384 valence electrons. The Morgan fingerprint density at radius 1 is 0.672 bits per heavy atom. The molecular formula is C48H78O19. The molecule has 0 amide bonds. The molecule has 0 radical (unpaired) electrons. The molecule has 27 atom stereocenters. The average Bonchev–Trinajstić information content (AvgIpc) is 3.29. The summed E-state index contributed by atoms with van der Waals surface area (Å²) in [7, 11) is 0. The first-order valence-electron chi connectivity index (χ1n) is 24.5. The van der Waals surface area contributed by atoms with Crippen LogP contribution in [0.3, 0.4) is 0 Å². The molecule has 3 saturated heterocycles. The number of fused-ring (bicyclic) bond motifs is 7. The standard InChI is InChI=1S/C48H78O19/c1-20-10-13-48(43(61)67-42-38(35(58)32(55)26(18-50)64-42)65-40-36(59)33(56)30(53)22(3)62-40)15-14-46(6)23(29(48)21(20)2)8-9-28-44(4)16-24(52)39(45(5,19-51)27(44)11-12-47(28,46)7)66-41-37(60)34(57)31(54)25(17-49)63-41/h8,20-22,24-42,49-60H,9-19H2,1-7H3/t20-,21+,22+,24-,25-,26-,27-,28-,29+,30+,31-,32-,33-,34+,35+,36-,37-,38-,39+,40+,41+,42+,44+,45+,46-,47-,48+/m1/s1. The fraction of sp³-hybridized carbons (Fsp3) is 0.938. The molecule has 5 aliphatic carbocycles. The van der Waals surface area contributed by atoms with Crippen molar-refractivity contribution in [3.63, 3.8) is 0 Å². The SMILES string of the molecule is C[C@H]1[C@H](C)CC[C@]2(C(=O)O[C@@H]3O[C@H](CO)[C@@H](O)[C@H](O)[C@H]3O[C@@H]3O[C@@H](C)[C@H](O)[C@@H](O)[C@H]3O)CC[C@]3(C)C(=CC[C@@H]4[C@@]5(C)C[C@@H](O)[C@H](O[C@@H]6O[C@H](CO)[C@@H](O)[C@H](O)[C@H]6O)[C@@](C)(CO)[C@@H]5CC[C@]43C)[C@H]12. The van der Waals surface area contributed by atoms with Gasteiger partial charge in [0.15, 0.2) is 18.7 Å². The van der Waals surface area contributed by atoms with Crippen LogP contribution in [0.25, 0.3) is 0 Å². The molecule has 19 heteroatoms. The third kappa shape index (κ3) is 7.83. The van der Waals surface area contributed by atoms with Crippen molar-refractivity contribution in [2.75, 3.05) is 19.8 Å². The maximum atomic E-state index is 15.2. The van der Waals surface area contributed by atoms with Crippen LogP contribution in [-0.2, 0) is 33.2 Å². The summed E-state index contributed by atoms with van der Waals surface area (Å²) in [4.78, 5) is 15.2. The van der Waals surface area contributed by atoms with Crippen molar-refractivity contribution in [3.05, 3.63) is 11.6 Å². The van der Waals surface area contributed by atoms with Gasteiger partial charge in [-0.2, -0.15) is 0 Å². The second kappa shape index (κ2) is 18.5. The summed E-state index contributed by atoms with van der Waals surface area (Å²) in [6.07, 6.45) is -18.6. The monoisotopic (exact) mass is 959 g/mol. The number of hydrogen-bond donors (Lipinski definition) is 12. The van der Waals surface area contributed by atoms with Crippen molar-refractivity contribution in [1.82, 2.24) is 0 Å². The Bertz CT molecular complexity index is 1820. The largest absolute Gasteiger partial charge is 0.432 e. The molecule has 3 heterocycles. The third-order valence-corrected chi connectivity index (χ3v) is 19.7. The Kier molecular flexibility index (Phi) is 14.4. The molecule has 67 heavy (non-hydrogen) atoms. The van der Waals surface area contributed by atoms with E-state index in [4.69, 9.17) is 28.4 Å². The number of carbonyl (C=O) groups excluding carboxylic acids is 1. The van der Waals surface area contributed by atoms with Gasteiger partial charge in [0.25, 0.3) is 0 Å². The van der Waals surface area contributed by atoms with E-state index < -0.39 is 145 Å². The van der Waals surface area contributed by atoms with Gasteiger partial charge in [0.05, 0.1) is 43.5 Å². The molecule has 19 nitrogen and oxygen atoms in total. The summed E-state index contributed by atoms with van der Waals surface area (Å²) in [6.45, 7) is 12.8. The van der Waals surface area contributed by atoms with Gasteiger partial charge in [-0.1, -0.05) is 53.2 Å². The van der Waals surface area contributed by atoms with Gasteiger partial charge in [-0.25, -0.2) is 0 Å². The number of carbonyl (C=O) groups is 1. The number of aliphatic hydroxyl groups is 12. The zero-order chi connectivity index (χ0) is 49.1. The van der Waals surface area contributed by atoms with Crippen molar-refractivity contribution >= 4 is 5.97 Å². The topological polar surface area (TPSA) is 315 Å². The van der Waals surface area contributed by atoms with Crippen molar-refractivity contribution in [2.45, 2.75) is 204 Å². The molecule has 0 aromatic carbocycles. The molecule has 12 N–H and O–H groups in total. The number of allylic oxidation sites excluding steroid dienone is 2. The molecule has 3 aliphatic heterocycles. The first kappa shape index (κ1) is 51.9. The summed E-state index contributed by atoms with van der Waals surface area (Å²) >= 11 is 0. The minimum absolute atomic E-state index is 0.00795. The highest BCUT2D eigenvalue weighted by atomic mass is 16.8. The highest BCUT2D eigenvalue weighted by Crippen LogP contribution is 2.76. The van der Waals surface area contributed by atoms with E-state index in [1.807, 2.05) is 6.92 Å². The van der Waals surface area contributed by atoms with Crippen LogP contribution in [0.1, 0.15) is 99.8 Å². The van der Waals surface area contributed by atoms with E-state index in [0.717, 1.165) is 12.8 Å². The van der Waals surface area contributed by atoms with Crippen molar-refractivity contribution in [3.8, 4) is 0 Å². The average molecular weight is 959 g/mol. The number of esters is 1. The van der Waals surface area contributed by atoms with Gasteiger partial charge in [0, 0.05) is 5.41 Å². The van der Waals surface area contributed by atoms with Crippen LogP contribution >= 0.6 is 0 Å². The van der Waals surface area contributed by atoms with Gasteiger partial charge >= 0.3 is 5.97 Å². The van der Waals surface area contributed by atoms with E-state index >= 15 is 4.79 Å². The summed E-state index contributed by atoms with van der Waals surface area (Å²) in [5, 5.41) is 129. The summed E-state index contributed by atoms with van der Waals surface area (Å²) in [5.74, 6) is -0.784.